The molecule has 1 atom stereocenters. The molecule has 0 saturated carbocycles. The van der Waals surface area contributed by atoms with E-state index in [1.54, 1.807) is 13.1 Å². The molecule has 0 aliphatic rings. The van der Waals surface area contributed by atoms with Crippen LogP contribution in [0.25, 0.3) is 0 Å². The molecule has 1 aromatic carbocycles. The van der Waals surface area contributed by atoms with Crippen molar-refractivity contribution < 1.29 is 8.78 Å². The van der Waals surface area contributed by atoms with Crippen LogP contribution in [0.4, 0.5) is 8.78 Å². The van der Waals surface area contributed by atoms with Crippen LogP contribution in [0.5, 0.6) is 0 Å². The molecule has 0 bridgehead atoms. The van der Waals surface area contributed by atoms with Gasteiger partial charge in [0.25, 0.3) is 0 Å². The summed E-state index contributed by atoms with van der Waals surface area (Å²) in [6.07, 6.45) is 1.72. The lowest BCUT2D eigenvalue weighted by atomic mass is 10.0. The van der Waals surface area contributed by atoms with Crippen molar-refractivity contribution in [2.45, 2.75) is 33.4 Å². The van der Waals surface area contributed by atoms with Crippen LogP contribution in [0.3, 0.4) is 0 Å². The Kier molecular flexibility index (Phi) is 3.95. The van der Waals surface area contributed by atoms with Crippen molar-refractivity contribution in [3.8, 4) is 0 Å². The smallest absolute Gasteiger partial charge is 0.128 e. The molecule has 2 rings (SSSR count). The standard InChI is InChI=1S/C14H17F2N3/c1-8-4-14(16)12(5-13(8)15)10(3)17-6-11-7-18-19-9(11)2/h4-5,7,10,17H,6H2,1-3H3,(H,18,19). The van der Waals surface area contributed by atoms with E-state index in [2.05, 4.69) is 15.5 Å². The van der Waals surface area contributed by atoms with Crippen LogP contribution < -0.4 is 5.32 Å². The molecule has 3 nitrogen and oxygen atoms in total. The quantitative estimate of drug-likeness (QED) is 0.891. The maximum atomic E-state index is 13.8. The Morgan fingerprint density at radius 1 is 1.26 bits per heavy atom. The average molecular weight is 265 g/mol. The van der Waals surface area contributed by atoms with Crippen LogP contribution >= 0.6 is 0 Å². The van der Waals surface area contributed by atoms with Gasteiger partial charge in [0, 0.05) is 29.4 Å². The van der Waals surface area contributed by atoms with Gasteiger partial charge < -0.3 is 5.32 Å². The SMILES string of the molecule is Cc1cc(F)c(C(C)NCc2cn[nH]c2C)cc1F. The molecule has 0 amide bonds. The average Bonchev–Trinajstić information content (AvgIpc) is 2.76. The summed E-state index contributed by atoms with van der Waals surface area (Å²) in [6.45, 7) is 5.83. The minimum Gasteiger partial charge on any atom is -0.306 e. The Morgan fingerprint density at radius 2 is 2.00 bits per heavy atom. The summed E-state index contributed by atoms with van der Waals surface area (Å²) in [5, 5.41) is 9.92. The molecule has 5 heteroatoms. The van der Waals surface area contributed by atoms with Gasteiger partial charge in [0.1, 0.15) is 11.6 Å². The fourth-order valence-electron chi connectivity index (χ4n) is 1.92. The van der Waals surface area contributed by atoms with E-state index >= 15 is 0 Å². The molecule has 1 heterocycles. The highest BCUT2D eigenvalue weighted by atomic mass is 19.1. The number of H-pyrrole nitrogens is 1. The molecule has 102 valence electrons. The minimum atomic E-state index is -0.386. The second kappa shape index (κ2) is 5.48. The van der Waals surface area contributed by atoms with Gasteiger partial charge in [0.05, 0.1) is 6.20 Å². The number of nitrogens with zero attached hydrogens (tertiary/aromatic N) is 1. The first-order valence-electron chi connectivity index (χ1n) is 6.16. The molecule has 19 heavy (non-hydrogen) atoms. The van der Waals surface area contributed by atoms with Crippen molar-refractivity contribution in [2.75, 3.05) is 0 Å². The van der Waals surface area contributed by atoms with Gasteiger partial charge in [0.2, 0.25) is 0 Å². The molecule has 1 aromatic heterocycles. The highest BCUT2D eigenvalue weighted by molar-refractivity contribution is 5.27. The van der Waals surface area contributed by atoms with Crippen molar-refractivity contribution in [1.29, 1.82) is 0 Å². The molecule has 0 radical (unpaired) electrons. The molecule has 0 saturated heterocycles. The Morgan fingerprint density at radius 3 is 2.63 bits per heavy atom. The monoisotopic (exact) mass is 265 g/mol. The lowest BCUT2D eigenvalue weighted by Crippen LogP contribution is -2.19. The van der Waals surface area contributed by atoms with Crippen molar-refractivity contribution >= 4 is 0 Å². The van der Waals surface area contributed by atoms with E-state index in [0.29, 0.717) is 17.7 Å². The number of halogens is 2. The second-order valence-electron chi connectivity index (χ2n) is 4.75. The van der Waals surface area contributed by atoms with Gasteiger partial charge in [-0.25, -0.2) is 8.78 Å². The zero-order valence-corrected chi connectivity index (χ0v) is 11.2. The molecule has 0 fully saturated rings. The Labute approximate surface area is 111 Å². The highest BCUT2D eigenvalue weighted by Crippen LogP contribution is 2.21. The number of aryl methyl sites for hydroxylation is 2. The van der Waals surface area contributed by atoms with Gasteiger partial charge in [-0.3, -0.25) is 5.10 Å². The van der Waals surface area contributed by atoms with E-state index in [4.69, 9.17) is 0 Å². The van der Waals surface area contributed by atoms with Gasteiger partial charge in [0.15, 0.2) is 0 Å². The first-order valence-corrected chi connectivity index (χ1v) is 6.16. The van der Waals surface area contributed by atoms with Gasteiger partial charge in [-0.2, -0.15) is 5.10 Å². The predicted octanol–water partition coefficient (Wildman–Crippen LogP) is 3.16. The molecular formula is C14H17F2N3. The van der Waals surface area contributed by atoms with Gasteiger partial charge in [-0.1, -0.05) is 0 Å². The highest BCUT2D eigenvalue weighted by Gasteiger charge is 2.14. The first kappa shape index (κ1) is 13.7. The second-order valence-corrected chi connectivity index (χ2v) is 4.75. The first-order chi connectivity index (χ1) is 8.99. The maximum Gasteiger partial charge on any atom is 0.128 e. The van der Waals surface area contributed by atoms with Crippen LogP contribution in [-0.2, 0) is 6.54 Å². The van der Waals surface area contributed by atoms with Crippen LogP contribution in [0, 0.1) is 25.5 Å². The Balaban J connectivity index is 2.10. The zero-order chi connectivity index (χ0) is 14.0. The third-order valence-corrected chi connectivity index (χ3v) is 3.28. The van der Waals surface area contributed by atoms with E-state index in [1.165, 1.54) is 12.1 Å². The van der Waals surface area contributed by atoms with E-state index in [-0.39, 0.29) is 17.7 Å². The fourth-order valence-corrected chi connectivity index (χ4v) is 1.92. The molecule has 2 N–H and O–H groups in total. The van der Waals surface area contributed by atoms with Crippen LogP contribution in [0.2, 0.25) is 0 Å². The summed E-state index contributed by atoms with van der Waals surface area (Å²) in [5.74, 6) is -0.771. The summed E-state index contributed by atoms with van der Waals surface area (Å²) in [4.78, 5) is 0. The number of aromatic nitrogens is 2. The van der Waals surface area contributed by atoms with Crippen molar-refractivity contribution in [1.82, 2.24) is 15.5 Å². The molecule has 2 aromatic rings. The van der Waals surface area contributed by atoms with Crippen LogP contribution in [-0.4, -0.2) is 10.2 Å². The third kappa shape index (κ3) is 2.98. The number of hydrogen-bond acceptors (Lipinski definition) is 2. The van der Waals surface area contributed by atoms with E-state index in [0.717, 1.165) is 11.3 Å². The molecule has 1 unspecified atom stereocenters. The number of nitrogens with one attached hydrogen (secondary N) is 2. The Bertz CT molecular complexity index is 578. The van der Waals surface area contributed by atoms with E-state index < -0.39 is 0 Å². The zero-order valence-electron chi connectivity index (χ0n) is 11.2. The number of hydrogen-bond donors (Lipinski definition) is 2. The van der Waals surface area contributed by atoms with Gasteiger partial charge >= 0.3 is 0 Å². The summed E-state index contributed by atoms with van der Waals surface area (Å²) in [7, 11) is 0. The van der Waals surface area contributed by atoms with Crippen LogP contribution in [0.15, 0.2) is 18.3 Å². The number of rotatable bonds is 4. The summed E-state index contributed by atoms with van der Waals surface area (Å²) >= 11 is 0. The van der Waals surface area contributed by atoms with Crippen molar-refractivity contribution in [3.63, 3.8) is 0 Å². The topological polar surface area (TPSA) is 40.7 Å². The lowest BCUT2D eigenvalue weighted by molar-refractivity contribution is 0.516. The largest absolute Gasteiger partial charge is 0.306 e. The number of aromatic amines is 1. The Hall–Kier alpha value is -1.75. The molecule has 0 aliphatic carbocycles. The van der Waals surface area contributed by atoms with Gasteiger partial charge in [-0.15, -0.1) is 0 Å². The molecule has 0 aliphatic heterocycles. The number of benzene rings is 1. The van der Waals surface area contributed by atoms with Gasteiger partial charge in [-0.05, 0) is 38.5 Å². The predicted molar refractivity (Wildman–Crippen MR) is 69.7 cm³/mol. The lowest BCUT2D eigenvalue weighted by Gasteiger charge is -2.15. The third-order valence-electron chi connectivity index (χ3n) is 3.28. The summed E-state index contributed by atoms with van der Waals surface area (Å²) in [6, 6.07) is 2.21. The maximum absolute atomic E-state index is 13.8. The fraction of sp³-hybridized carbons (Fsp3) is 0.357. The normalized spacial score (nSPS) is 12.7. The van der Waals surface area contributed by atoms with E-state index in [1.807, 2.05) is 13.8 Å². The molecule has 0 spiro atoms. The van der Waals surface area contributed by atoms with E-state index in [9.17, 15) is 8.78 Å². The van der Waals surface area contributed by atoms with Crippen molar-refractivity contribution in [3.05, 3.63) is 52.3 Å². The summed E-state index contributed by atoms with van der Waals surface area (Å²) < 4.78 is 27.3. The van der Waals surface area contributed by atoms with Crippen molar-refractivity contribution in [2.24, 2.45) is 0 Å². The molecular weight excluding hydrogens is 248 g/mol. The van der Waals surface area contributed by atoms with Crippen LogP contribution in [0.1, 0.15) is 35.3 Å². The minimum absolute atomic E-state index is 0.274. The summed E-state index contributed by atoms with van der Waals surface area (Å²) in [5.41, 5.74) is 2.64.